The van der Waals surface area contributed by atoms with Crippen molar-refractivity contribution in [3.63, 3.8) is 0 Å². The van der Waals surface area contributed by atoms with E-state index < -0.39 is 0 Å². The summed E-state index contributed by atoms with van der Waals surface area (Å²) in [5.74, 6) is 1.70. The van der Waals surface area contributed by atoms with Crippen LogP contribution in [0.2, 0.25) is 0 Å². The maximum Gasteiger partial charge on any atom is 0.231 e. The van der Waals surface area contributed by atoms with Crippen molar-refractivity contribution in [1.82, 2.24) is 24.6 Å². The topological polar surface area (TPSA) is 92.2 Å². The quantitative estimate of drug-likeness (QED) is 0.675. The van der Waals surface area contributed by atoms with E-state index in [1.54, 1.807) is 16.8 Å². The third kappa shape index (κ3) is 4.29. The van der Waals surface area contributed by atoms with Crippen LogP contribution in [0, 0.1) is 17.2 Å². The number of ether oxygens (including phenoxy) is 1. The average molecular weight is 391 g/mol. The summed E-state index contributed by atoms with van der Waals surface area (Å²) >= 11 is 0. The summed E-state index contributed by atoms with van der Waals surface area (Å²) in [5, 5.41) is 13.5. The second-order valence-corrected chi connectivity index (χ2v) is 8.45. The Morgan fingerprint density at radius 2 is 1.97 bits per heavy atom. The lowest BCUT2D eigenvalue weighted by Gasteiger charge is -2.31. The lowest BCUT2D eigenvalue weighted by Crippen LogP contribution is -2.36. The van der Waals surface area contributed by atoms with Crippen LogP contribution >= 0.6 is 0 Å². The van der Waals surface area contributed by atoms with Gasteiger partial charge in [0.25, 0.3) is 0 Å². The fraction of sp³-hybridized carbons (Fsp3) is 0.476. The zero-order chi connectivity index (χ0) is 20.4. The van der Waals surface area contributed by atoms with Crippen molar-refractivity contribution in [2.24, 2.45) is 5.92 Å². The summed E-state index contributed by atoms with van der Waals surface area (Å²) in [6.07, 6.45) is 5.58. The van der Waals surface area contributed by atoms with Crippen LogP contribution in [0.25, 0.3) is 5.65 Å². The van der Waals surface area contributed by atoms with Crippen molar-refractivity contribution in [2.45, 2.75) is 39.0 Å². The number of anilines is 1. The molecule has 8 nitrogen and oxygen atoms in total. The maximum absolute atomic E-state index is 9.00. The molecule has 150 valence electrons. The van der Waals surface area contributed by atoms with Crippen LogP contribution in [0.4, 0.5) is 5.95 Å². The van der Waals surface area contributed by atoms with Crippen LogP contribution in [0.15, 0.2) is 30.6 Å². The predicted octanol–water partition coefficient (Wildman–Crippen LogP) is 2.98. The Kier molecular flexibility index (Phi) is 5.05. The van der Waals surface area contributed by atoms with Gasteiger partial charge >= 0.3 is 0 Å². The molecule has 1 saturated heterocycles. The molecule has 3 aromatic rings. The predicted molar refractivity (Wildman–Crippen MR) is 109 cm³/mol. The first kappa shape index (κ1) is 19.1. The Balaban J connectivity index is 1.34. The molecule has 1 aliphatic rings. The molecule has 0 radical (unpaired) electrons. The van der Waals surface area contributed by atoms with Gasteiger partial charge in [0.1, 0.15) is 11.8 Å². The van der Waals surface area contributed by atoms with Crippen LogP contribution in [-0.2, 0) is 5.41 Å². The molecule has 0 aromatic carbocycles. The molecule has 0 amide bonds. The molecule has 0 bridgehead atoms. The molecule has 0 aliphatic carbocycles. The monoisotopic (exact) mass is 391 g/mol. The number of nitrogens with zero attached hydrogens (tertiary/aromatic N) is 7. The Morgan fingerprint density at radius 3 is 2.69 bits per heavy atom. The number of rotatable bonds is 4. The van der Waals surface area contributed by atoms with Gasteiger partial charge < -0.3 is 9.64 Å². The Morgan fingerprint density at radius 1 is 1.17 bits per heavy atom. The Labute approximate surface area is 170 Å². The normalized spacial score (nSPS) is 15.4. The van der Waals surface area contributed by atoms with Gasteiger partial charge in [0.15, 0.2) is 5.65 Å². The highest BCUT2D eigenvalue weighted by Gasteiger charge is 2.22. The number of imidazole rings is 1. The maximum atomic E-state index is 9.00. The van der Waals surface area contributed by atoms with Crippen molar-refractivity contribution in [2.75, 3.05) is 24.6 Å². The van der Waals surface area contributed by atoms with Gasteiger partial charge in [-0.25, -0.2) is 19.5 Å². The second-order valence-electron chi connectivity index (χ2n) is 8.45. The van der Waals surface area contributed by atoms with Gasteiger partial charge in [-0.3, -0.25) is 0 Å². The number of aromatic nitrogens is 5. The molecule has 0 saturated carbocycles. The van der Waals surface area contributed by atoms with E-state index in [1.807, 2.05) is 18.3 Å². The van der Waals surface area contributed by atoms with Gasteiger partial charge in [-0.2, -0.15) is 5.26 Å². The zero-order valence-corrected chi connectivity index (χ0v) is 17.0. The first-order chi connectivity index (χ1) is 13.9. The van der Waals surface area contributed by atoms with E-state index >= 15 is 0 Å². The summed E-state index contributed by atoms with van der Waals surface area (Å²) in [6.45, 7) is 8.75. The number of piperidine rings is 1. The van der Waals surface area contributed by atoms with Crippen molar-refractivity contribution in [1.29, 1.82) is 5.26 Å². The molecule has 0 N–H and O–H groups in total. The van der Waals surface area contributed by atoms with Gasteiger partial charge in [-0.05, 0) is 30.9 Å². The first-order valence-electron chi connectivity index (χ1n) is 9.90. The molecule has 3 aromatic heterocycles. The SMILES string of the molecule is CC(C)(C)c1cn2nc(OCC3CCN(c4nccc(C#N)n4)CC3)ccc2n1. The lowest BCUT2D eigenvalue weighted by molar-refractivity contribution is 0.213. The molecule has 4 heterocycles. The Bertz CT molecular complexity index is 1040. The molecule has 0 atom stereocenters. The van der Waals surface area contributed by atoms with E-state index in [2.05, 4.69) is 51.8 Å². The summed E-state index contributed by atoms with van der Waals surface area (Å²) in [5.41, 5.74) is 2.22. The third-order valence-corrected chi connectivity index (χ3v) is 5.19. The molecule has 8 heteroatoms. The van der Waals surface area contributed by atoms with Crippen LogP contribution in [-0.4, -0.2) is 44.3 Å². The highest BCUT2D eigenvalue weighted by Crippen LogP contribution is 2.23. The fourth-order valence-electron chi connectivity index (χ4n) is 3.37. The minimum atomic E-state index is -0.0147. The van der Waals surface area contributed by atoms with Crippen molar-refractivity contribution >= 4 is 11.6 Å². The number of hydrogen-bond acceptors (Lipinski definition) is 7. The van der Waals surface area contributed by atoms with Crippen molar-refractivity contribution in [3.05, 3.63) is 42.0 Å². The molecule has 1 aliphatic heterocycles. The highest BCUT2D eigenvalue weighted by molar-refractivity contribution is 5.41. The third-order valence-electron chi connectivity index (χ3n) is 5.19. The van der Waals surface area contributed by atoms with Crippen LogP contribution in [0.1, 0.15) is 45.0 Å². The first-order valence-corrected chi connectivity index (χ1v) is 9.90. The highest BCUT2D eigenvalue weighted by atomic mass is 16.5. The summed E-state index contributed by atoms with van der Waals surface area (Å²) in [4.78, 5) is 15.3. The van der Waals surface area contributed by atoms with Crippen LogP contribution in [0.3, 0.4) is 0 Å². The molecule has 0 spiro atoms. The number of nitriles is 1. The van der Waals surface area contributed by atoms with Crippen LogP contribution in [0.5, 0.6) is 5.88 Å². The second kappa shape index (κ2) is 7.66. The van der Waals surface area contributed by atoms with Crippen LogP contribution < -0.4 is 9.64 Å². The summed E-state index contributed by atoms with van der Waals surface area (Å²) in [7, 11) is 0. The molecule has 0 unspecified atom stereocenters. The molecule has 29 heavy (non-hydrogen) atoms. The summed E-state index contributed by atoms with van der Waals surface area (Å²) in [6, 6.07) is 7.51. The van der Waals surface area contributed by atoms with Crippen molar-refractivity contribution in [3.8, 4) is 11.9 Å². The van der Waals surface area contributed by atoms with Gasteiger partial charge in [0.2, 0.25) is 11.8 Å². The Hall–Kier alpha value is -3.21. The average Bonchev–Trinajstić information content (AvgIpc) is 3.17. The zero-order valence-electron chi connectivity index (χ0n) is 17.0. The lowest BCUT2D eigenvalue weighted by atomic mass is 9.93. The van der Waals surface area contributed by atoms with E-state index in [4.69, 9.17) is 10.00 Å². The number of hydrogen-bond donors (Lipinski definition) is 0. The molecule has 4 rings (SSSR count). The summed E-state index contributed by atoms with van der Waals surface area (Å²) < 4.78 is 7.76. The smallest absolute Gasteiger partial charge is 0.231 e. The standard InChI is InChI=1S/C21H25N7O/c1-21(2,3)17-13-28-18(25-17)4-5-19(26-28)29-14-15-7-10-27(11-8-15)20-23-9-6-16(12-22)24-20/h4-6,9,13,15H,7-8,10-11,14H2,1-3H3. The van der Waals surface area contributed by atoms with E-state index in [1.165, 1.54) is 0 Å². The largest absolute Gasteiger partial charge is 0.476 e. The molecular formula is C21H25N7O. The van der Waals surface area contributed by atoms with E-state index in [-0.39, 0.29) is 5.41 Å². The minimum absolute atomic E-state index is 0.0147. The van der Waals surface area contributed by atoms with Gasteiger partial charge in [0.05, 0.1) is 18.5 Å². The minimum Gasteiger partial charge on any atom is -0.476 e. The molecular weight excluding hydrogens is 366 g/mol. The van der Waals surface area contributed by atoms with E-state index in [0.29, 0.717) is 30.0 Å². The van der Waals surface area contributed by atoms with E-state index in [0.717, 1.165) is 37.3 Å². The van der Waals surface area contributed by atoms with Gasteiger partial charge in [-0.1, -0.05) is 20.8 Å². The number of fused-ring (bicyclic) bond motifs is 1. The fourth-order valence-corrected chi connectivity index (χ4v) is 3.37. The van der Waals surface area contributed by atoms with Gasteiger partial charge in [-0.15, -0.1) is 5.10 Å². The van der Waals surface area contributed by atoms with E-state index in [9.17, 15) is 0 Å². The van der Waals surface area contributed by atoms with Crippen molar-refractivity contribution < 1.29 is 4.74 Å². The molecule has 1 fully saturated rings. The van der Waals surface area contributed by atoms with Gasteiger partial charge in [0, 0.05) is 30.8 Å².